The zero-order valence-electron chi connectivity index (χ0n) is 11.0. The Morgan fingerprint density at radius 1 is 1.39 bits per heavy atom. The average molecular weight is 272 g/mol. The summed E-state index contributed by atoms with van der Waals surface area (Å²) in [4.78, 5) is 0. The standard InChI is InChI=1S/C14H21NO2.ClH/c1-10-3-4-11(2)14(7-10)17-9-13(16)8-15-12-5-6-12;/h3-4,7,12-13,15-16H,5-6,8-9H2,1-2H3;1H. The molecule has 0 aliphatic heterocycles. The minimum Gasteiger partial charge on any atom is -0.491 e. The van der Waals surface area contributed by atoms with E-state index in [9.17, 15) is 5.11 Å². The molecular weight excluding hydrogens is 250 g/mol. The number of hydrogen-bond donors (Lipinski definition) is 2. The lowest BCUT2D eigenvalue weighted by atomic mass is 10.1. The van der Waals surface area contributed by atoms with Crippen molar-refractivity contribution >= 4 is 12.4 Å². The van der Waals surface area contributed by atoms with E-state index in [-0.39, 0.29) is 12.4 Å². The van der Waals surface area contributed by atoms with Gasteiger partial charge < -0.3 is 15.2 Å². The van der Waals surface area contributed by atoms with Gasteiger partial charge in [-0.2, -0.15) is 0 Å². The van der Waals surface area contributed by atoms with Crippen LogP contribution in [0.5, 0.6) is 5.75 Å². The summed E-state index contributed by atoms with van der Waals surface area (Å²) in [6, 6.07) is 6.74. The molecule has 1 aromatic carbocycles. The van der Waals surface area contributed by atoms with Gasteiger partial charge in [-0.05, 0) is 43.9 Å². The second-order valence-corrected chi connectivity index (χ2v) is 4.92. The number of ether oxygens (including phenoxy) is 1. The third kappa shape index (κ3) is 4.84. The number of rotatable bonds is 6. The van der Waals surface area contributed by atoms with Crippen LogP contribution in [0, 0.1) is 13.8 Å². The molecule has 0 aromatic heterocycles. The molecule has 3 nitrogen and oxygen atoms in total. The van der Waals surface area contributed by atoms with E-state index in [0.29, 0.717) is 19.2 Å². The van der Waals surface area contributed by atoms with Crippen LogP contribution in [0.25, 0.3) is 0 Å². The topological polar surface area (TPSA) is 41.5 Å². The summed E-state index contributed by atoms with van der Waals surface area (Å²) in [5.74, 6) is 0.871. The van der Waals surface area contributed by atoms with Gasteiger partial charge in [0.2, 0.25) is 0 Å². The fourth-order valence-electron chi connectivity index (χ4n) is 1.70. The van der Waals surface area contributed by atoms with E-state index in [1.807, 2.05) is 26.0 Å². The Labute approximate surface area is 115 Å². The van der Waals surface area contributed by atoms with Gasteiger partial charge in [-0.25, -0.2) is 0 Å². The molecule has 0 bridgehead atoms. The molecule has 0 saturated heterocycles. The van der Waals surface area contributed by atoms with Crippen molar-refractivity contribution in [2.24, 2.45) is 0 Å². The van der Waals surface area contributed by atoms with E-state index in [4.69, 9.17) is 4.74 Å². The molecule has 1 unspecified atom stereocenters. The molecule has 0 heterocycles. The largest absolute Gasteiger partial charge is 0.491 e. The number of aliphatic hydroxyl groups is 1. The first-order valence-corrected chi connectivity index (χ1v) is 6.26. The Kier molecular flexibility index (Phi) is 5.93. The van der Waals surface area contributed by atoms with Gasteiger partial charge in [0.1, 0.15) is 18.5 Å². The Hall–Kier alpha value is -0.770. The maximum atomic E-state index is 9.76. The Morgan fingerprint density at radius 2 is 2.11 bits per heavy atom. The summed E-state index contributed by atoms with van der Waals surface area (Å²) < 4.78 is 5.64. The molecule has 0 spiro atoms. The molecule has 0 amide bonds. The van der Waals surface area contributed by atoms with Crippen LogP contribution in [0.1, 0.15) is 24.0 Å². The maximum Gasteiger partial charge on any atom is 0.122 e. The summed E-state index contributed by atoms with van der Waals surface area (Å²) in [7, 11) is 0. The highest BCUT2D eigenvalue weighted by Crippen LogP contribution is 2.20. The first-order valence-electron chi connectivity index (χ1n) is 6.26. The predicted molar refractivity (Wildman–Crippen MR) is 75.7 cm³/mol. The van der Waals surface area contributed by atoms with Gasteiger partial charge in [0.15, 0.2) is 0 Å². The van der Waals surface area contributed by atoms with Crippen LogP contribution in [-0.2, 0) is 0 Å². The van der Waals surface area contributed by atoms with Gasteiger partial charge in [0.25, 0.3) is 0 Å². The molecule has 1 aromatic rings. The molecule has 18 heavy (non-hydrogen) atoms. The Morgan fingerprint density at radius 3 is 2.78 bits per heavy atom. The lowest BCUT2D eigenvalue weighted by molar-refractivity contribution is 0.106. The first-order chi connectivity index (χ1) is 8.15. The van der Waals surface area contributed by atoms with Crippen LogP contribution in [0.3, 0.4) is 0 Å². The first kappa shape index (κ1) is 15.3. The molecule has 1 fully saturated rings. The van der Waals surface area contributed by atoms with Crippen LogP contribution in [0.2, 0.25) is 0 Å². The smallest absolute Gasteiger partial charge is 0.122 e. The number of aliphatic hydroxyl groups excluding tert-OH is 1. The van der Waals surface area contributed by atoms with Gasteiger partial charge in [0.05, 0.1) is 0 Å². The van der Waals surface area contributed by atoms with E-state index in [1.165, 1.54) is 18.4 Å². The van der Waals surface area contributed by atoms with Crippen LogP contribution in [0.4, 0.5) is 0 Å². The van der Waals surface area contributed by atoms with Crippen molar-refractivity contribution in [3.63, 3.8) is 0 Å². The van der Waals surface area contributed by atoms with Gasteiger partial charge in [-0.1, -0.05) is 12.1 Å². The molecule has 1 saturated carbocycles. The van der Waals surface area contributed by atoms with Crippen LogP contribution >= 0.6 is 12.4 Å². The summed E-state index contributed by atoms with van der Waals surface area (Å²) in [6.45, 7) is 5.03. The monoisotopic (exact) mass is 271 g/mol. The molecule has 2 rings (SSSR count). The molecule has 4 heteroatoms. The normalized spacial score (nSPS) is 15.9. The van der Waals surface area contributed by atoms with Gasteiger partial charge in [-0.3, -0.25) is 0 Å². The second-order valence-electron chi connectivity index (χ2n) is 4.92. The van der Waals surface area contributed by atoms with Crippen LogP contribution < -0.4 is 10.1 Å². The number of halogens is 1. The molecule has 1 aliphatic carbocycles. The highest BCUT2D eigenvalue weighted by Gasteiger charge is 2.21. The molecule has 0 radical (unpaired) electrons. The molecule has 102 valence electrons. The van der Waals surface area contributed by atoms with Crippen molar-refractivity contribution in [1.82, 2.24) is 5.32 Å². The Balaban J connectivity index is 0.00000162. The highest BCUT2D eigenvalue weighted by atomic mass is 35.5. The zero-order chi connectivity index (χ0) is 12.3. The number of hydrogen-bond acceptors (Lipinski definition) is 3. The van der Waals surface area contributed by atoms with Crippen LogP contribution in [0.15, 0.2) is 18.2 Å². The van der Waals surface area contributed by atoms with Crippen molar-refractivity contribution in [3.8, 4) is 5.75 Å². The Bertz CT molecular complexity index is 380. The molecule has 1 atom stereocenters. The van der Waals surface area contributed by atoms with Crippen LogP contribution in [-0.4, -0.2) is 30.4 Å². The zero-order valence-corrected chi connectivity index (χ0v) is 11.8. The van der Waals surface area contributed by atoms with Gasteiger partial charge >= 0.3 is 0 Å². The summed E-state index contributed by atoms with van der Waals surface area (Å²) >= 11 is 0. The third-order valence-corrected chi connectivity index (χ3v) is 2.99. The number of aryl methyl sites for hydroxylation is 2. The summed E-state index contributed by atoms with van der Waals surface area (Å²) in [6.07, 6.45) is 2.05. The molecule has 2 N–H and O–H groups in total. The van der Waals surface area contributed by atoms with Crippen molar-refractivity contribution in [3.05, 3.63) is 29.3 Å². The summed E-state index contributed by atoms with van der Waals surface area (Å²) in [5, 5.41) is 13.0. The highest BCUT2D eigenvalue weighted by molar-refractivity contribution is 5.85. The fourth-order valence-corrected chi connectivity index (χ4v) is 1.70. The van der Waals surface area contributed by atoms with E-state index in [1.54, 1.807) is 0 Å². The van der Waals surface area contributed by atoms with Crippen molar-refractivity contribution < 1.29 is 9.84 Å². The lowest BCUT2D eigenvalue weighted by Crippen LogP contribution is -2.32. The quantitative estimate of drug-likeness (QED) is 0.834. The van der Waals surface area contributed by atoms with E-state index in [2.05, 4.69) is 11.4 Å². The average Bonchev–Trinajstić information content (AvgIpc) is 3.11. The second kappa shape index (κ2) is 6.98. The molecule has 1 aliphatic rings. The number of benzene rings is 1. The molecular formula is C14H22ClNO2. The van der Waals surface area contributed by atoms with Crippen molar-refractivity contribution in [1.29, 1.82) is 0 Å². The minimum atomic E-state index is -0.435. The SMILES string of the molecule is Cc1ccc(C)c(OCC(O)CNC2CC2)c1.Cl. The minimum absolute atomic E-state index is 0. The van der Waals surface area contributed by atoms with Gasteiger partial charge in [0, 0.05) is 12.6 Å². The van der Waals surface area contributed by atoms with Crippen molar-refractivity contribution in [2.45, 2.75) is 38.8 Å². The van der Waals surface area contributed by atoms with E-state index >= 15 is 0 Å². The summed E-state index contributed by atoms with van der Waals surface area (Å²) in [5.41, 5.74) is 2.29. The third-order valence-electron chi connectivity index (χ3n) is 2.99. The van der Waals surface area contributed by atoms with Gasteiger partial charge in [-0.15, -0.1) is 12.4 Å². The predicted octanol–water partition coefficient (Wildman–Crippen LogP) is 2.22. The fraction of sp³-hybridized carbons (Fsp3) is 0.571. The van der Waals surface area contributed by atoms with E-state index < -0.39 is 6.10 Å². The lowest BCUT2D eigenvalue weighted by Gasteiger charge is -2.14. The number of nitrogens with one attached hydrogen (secondary N) is 1. The van der Waals surface area contributed by atoms with E-state index in [0.717, 1.165) is 11.3 Å². The van der Waals surface area contributed by atoms with Crippen molar-refractivity contribution in [2.75, 3.05) is 13.2 Å². The maximum absolute atomic E-state index is 9.76.